The van der Waals surface area contributed by atoms with Gasteiger partial charge in [0.15, 0.2) is 0 Å². The van der Waals surface area contributed by atoms with Crippen LogP contribution in [-0.4, -0.2) is 27.2 Å². The zero-order valence-corrected chi connectivity index (χ0v) is 41.2. The van der Waals surface area contributed by atoms with Crippen LogP contribution in [0.25, 0.3) is 0 Å². The van der Waals surface area contributed by atoms with Gasteiger partial charge in [0, 0.05) is 94.4 Å². The molecule has 1 aliphatic carbocycles. The summed E-state index contributed by atoms with van der Waals surface area (Å²) in [5.74, 6) is 5.23. The summed E-state index contributed by atoms with van der Waals surface area (Å²) in [6.45, 7) is 9.65. The minimum Gasteiger partial charge on any atom is -0.457 e. The Morgan fingerprint density at radius 1 is 0.309 bits per heavy atom. The van der Waals surface area contributed by atoms with Crippen LogP contribution >= 0.6 is 0 Å². The fraction of sp³-hybridized carbons (Fsp3) is 0.571. The number of rotatable bonds is 20. The number of benzene rings is 4. The van der Waals surface area contributed by atoms with E-state index in [1.54, 1.807) is 0 Å². The molecule has 0 fully saturated rings. The Balaban J connectivity index is 1.48. The summed E-state index contributed by atoms with van der Waals surface area (Å²) in [5.41, 5.74) is 39.6. The molecule has 4 aromatic carbocycles. The molecule has 4 heterocycles. The van der Waals surface area contributed by atoms with E-state index in [9.17, 15) is 0 Å². The molecule has 0 atom stereocenters. The Morgan fingerprint density at radius 3 is 0.632 bits per heavy atom. The van der Waals surface area contributed by atoms with Crippen LogP contribution in [0.15, 0.2) is 24.3 Å². The zero-order chi connectivity index (χ0) is 47.3. The first-order valence-electron chi connectivity index (χ1n) is 26.1. The van der Waals surface area contributed by atoms with Gasteiger partial charge in [0.25, 0.3) is 0 Å². The molecule has 368 valence electrons. The van der Waals surface area contributed by atoms with E-state index in [4.69, 9.17) is 60.8 Å². The molecule has 12 nitrogen and oxygen atoms in total. The van der Waals surface area contributed by atoms with Gasteiger partial charge >= 0.3 is 0 Å². The quantitative estimate of drug-likeness (QED) is 0.0618. The standard InChI is InChI=1S/C56H76N4O8/c1-5-9-13-17-33-37-21-39-34(18-14-10-6-2)41-23-43-36(20-16-12-8-4)44-24-42-35(19-15-11-7-3)40-22-38(33)50-46(26-58)52(40)64-31-66-54(42)48(28-60)56(44)68-32-67-55(43)47(27-59)53(41)65-30-63-51(39)45(25-57)49(37)61-29-62-50/h21-24,33-36H,5-20,25-32,57-60H2,1-4H3. The van der Waals surface area contributed by atoms with Gasteiger partial charge < -0.3 is 60.8 Å². The lowest BCUT2D eigenvalue weighted by atomic mass is 9.74. The molecule has 12 heteroatoms. The monoisotopic (exact) mass is 933 g/mol. The van der Waals surface area contributed by atoms with Crippen molar-refractivity contribution in [2.75, 3.05) is 27.2 Å². The first-order chi connectivity index (χ1) is 33.5. The molecule has 0 saturated heterocycles. The number of hydrogen-bond acceptors (Lipinski definition) is 12. The van der Waals surface area contributed by atoms with Crippen LogP contribution < -0.4 is 60.8 Å². The van der Waals surface area contributed by atoms with Crippen molar-refractivity contribution >= 4 is 0 Å². The summed E-state index contributed by atoms with van der Waals surface area (Å²) in [7, 11) is 0. The van der Waals surface area contributed by atoms with Crippen molar-refractivity contribution in [1.29, 1.82) is 0 Å². The molecule has 9 rings (SSSR count). The predicted molar refractivity (Wildman–Crippen MR) is 266 cm³/mol. The average molecular weight is 933 g/mol. The van der Waals surface area contributed by atoms with Crippen LogP contribution in [0.5, 0.6) is 46.0 Å². The van der Waals surface area contributed by atoms with Crippen LogP contribution in [0.4, 0.5) is 0 Å². The highest BCUT2D eigenvalue weighted by Crippen LogP contribution is 2.58. The highest BCUT2D eigenvalue weighted by molar-refractivity contribution is 5.69. The normalized spacial score (nSPS) is 19.3. The van der Waals surface area contributed by atoms with Crippen LogP contribution in [0.2, 0.25) is 0 Å². The maximum Gasteiger partial charge on any atom is 0.230 e. The van der Waals surface area contributed by atoms with E-state index >= 15 is 0 Å². The molecule has 0 amide bonds. The average Bonchev–Trinajstić information content (AvgIpc) is 3.33. The second-order valence-electron chi connectivity index (χ2n) is 19.4. The fourth-order valence-corrected chi connectivity index (χ4v) is 12.1. The second-order valence-corrected chi connectivity index (χ2v) is 19.4. The summed E-state index contributed by atoms with van der Waals surface area (Å²) >= 11 is 0. The number of ether oxygens (including phenoxy) is 8. The van der Waals surface area contributed by atoms with Gasteiger partial charge in [-0.2, -0.15) is 0 Å². The molecule has 4 aliphatic heterocycles. The topological polar surface area (TPSA) is 178 Å². The molecule has 8 bridgehead atoms. The molecule has 0 spiro atoms. The van der Waals surface area contributed by atoms with Crippen molar-refractivity contribution in [1.82, 2.24) is 0 Å². The van der Waals surface area contributed by atoms with Crippen molar-refractivity contribution in [2.24, 2.45) is 22.9 Å². The Labute approximate surface area is 404 Å². The van der Waals surface area contributed by atoms with Gasteiger partial charge in [-0.05, 0) is 49.9 Å². The molecular weight excluding hydrogens is 857 g/mol. The van der Waals surface area contributed by atoms with E-state index in [1.807, 2.05) is 0 Å². The van der Waals surface area contributed by atoms with Crippen LogP contribution in [0, 0.1) is 0 Å². The van der Waals surface area contributed by atoms with E-state index in [0.29, 0.717) is 0 Å². The lowest BCUT2D eigenvalue weighted by Crippen LogP contribution is -2.26. The maximum absolute atomic E-state index is 6.90. The first kappa shape index (κ1) is 48.2. The third-order valence-corrected chi connectivity index (χ3v) is 15.4. The van der Waals surface area contributed by atoms with Gasteiger partial charge in [0.05, 0.1) is 22.3 Å². The van der Waals surface area contributed by atoms with Crippen LogP contribution in [-0.2, 0) is 26.2 Å². The first-order valence-corrected chi connectivity index (χ1v) is 26.1. The zero-order valence-electron chi connectivity index (χ0n) is 41.2. The van der Waals surface area contributed by atoms with Gasteiger partial charge in [-0.25, -0.2) is 0 Å². The summed E-state index contributed by atoms with van der Waals surface area (Å²) in [6, 6.07) is 9.57. The molecule has 0 saturated carbocycles. The fourth-order valence-electron chi connectivity index (χ4n) is 12.1. The van der Waals surface area contributed by atoms with Crippen molar-refractivity contribution in [3.05, 3.63) is 91.0 Å². The minimum atomic E-state index is -0.133. The summed E-state index contributed by atoms with van der Waals surface area (Å²) in [6.07, 6.45) is 16.1. The summed E-state index contributed by atoms with van der Waals surface area (Å²) in [4.78, 5) is 0. The Hall–Kier alpha value is -4.88. The third-order valence-electron chi connectivity index (χ3n) is 15.4. The smallest absolute Gasteiger partial charge is 0.230 e. The van der Waals surface area contributed by atoms with E-state index in [2.05, 4.69) is 52.0 Å². The lowest BCUT2D eigenvalue weighted by Gasteiger charge is -2.37. The van der Waals surface area contributed by atoms with E-state index in [1.165, 1.54) is 0 Å². The molecule has 8 N–H and O–H groups in total. The largest absolute Gasteiger partial charge is 0.457 e. The van der Waals surface area contributed by atoms with Gasteiger partial charge in [-0.3, -0.25) is 0 Å². The lowest BCUT2D eigenvalue weighted by molar-refractivity contribution is 0.0945. The number of unbranched alkanes of at least 4 members (excludes halogenated alkanes) is 8. The van der Waals surface area contributed by atoms with Gasteiger partial charge in [0.1, 0.15) is 46.0 Å². The minimum absolute atomic E-state index is 0.0464. The molecule has 0 unspecified atom stereocenters. The molecular formula is C56H76N4O8. The van der Waals surface area contributed by atoms with Crippen molar-refractivity contribution in [3.8, 4) is 46.0 Å². The summed E-state index contributed by atoms with van der Waals surface area (Å²) in [5, 5.41) is 0. The van der Waals surface area contributed by atoms with E-state index < -0.39 is 0 Å². The maximum atomic E-state index is 6.90. The molecule has 0 aromatic heterocycles. The van der Waals surface area contributed by atoms with Crippen molar-refractivity contribution < 1.29 is 37.9 Å². The van der Waals surface area contributed by atoms with E-state index in [0.717, 1.165) is 215 Å². The number of hydrogen-bond donors (Lipinski definition) is 4. The Kier molecular flexibility index (Phi) is 15.5. The van der Waals surface area contributed by atoms with Gasteiger partial charge in [-0.15, -0.1) is 0 Å². The number of nitrogens with two attached hydrogens (primary N) is 4. The van der Waals surface area contributed by atoms with Crippen LogP contribution in [0.3, 0.4) is 0 Å². The molecule has 0 radical (unpaired) electrons. The molecule has 68 heavy (non-hydrogen) atoms. The Bertz CT molecular complexity index is 1980. The van der Waals surface area contributed by atoms with Gasteiger partial charge in [0.2, 0.25) is 27.2 Å². The van der Waals surface area contributed by atoms with E-state index in [-0.39, 0.29) is 77.0 Å². The summed E-state index contributed by atoms with van der Waals surface area (Å²) < 4.78 is 54.5. The SMILES string of the molecule is CCCCCC1c2cc3c4c(CN)c2OCOc2c1cc1c(c2CN)OCOc2c(cc5c(c2CN)OCOc2c(cc(c(c2CN)OCO4)C3CCCCC)C5CCCCC)C1CCCCC. The highest BCUT2D eigenvalue weighted by Gasteiger charge is 2.41. The van der Waals surface area contributed by atoms with Crippen molar-refractivity contribution in [3.63, 3.8) is 0 Å². The van der Waals surface area contributed by atoms with Crippen molar-refractivity contribution in [2.45, 2.75) is 180 Å². The second kappa shape index (κ2) is 21.8. The highest BCUT2D eigenvalue weighted by atomic mass is 16.7. The Morgan fingerprint density at radius 2 is 0.485 bits per heavy atom. The molecule has 5 aliphatic rings. The third kappa shape index (κ3) is 8.73. The molecule has 4 aromatic rings. The van der Waals surface area contributed by atoms with Gasteiger partial charge in [-0.1, -0.05) is 105 Å². The predicted octanol–water partition coefficient (Wildman–Crippen LogP) is 11.6. The van der Waals surface area contributed by atoms with Crippen LogP contribution in [0.1, 0.15) is 221 Å².